The standard InChI is InChI=1S/C17H17ClN2O5/c1-10-15(16(19-25-10)12-4-2-3-5-13(12)18)17(23)20-6-7-24-11(9-20)8-14(21)22/h2-5,11H,6-9H2,1H3,(H,21,22). The van der Waals surface area contributed by atoms with Gasteiger partial charge in [-0.2, -0.15) is 0 Å². The van der Waals surface area contributed by atoms with Crippen LogP contribution in [0.3, 0.4) is 0 Å². The first-order valence-corrected chi connectivity index (χ1v) is 8.19. The van der Waals surface area contributed by atoms with Gasteiger partial charge in [-0.3, -0.25) is 9.59 Å². The van der Waals surface area contributed by atoms with E-state index in [-0.39, 0.29) is 25.5 Å². The van der Waals surface area contributed by atoms with Gasteiger partial charge in [0.1, 0.15) is 17.0 Å². The molecule has 2 heterocycles. The largest absolute Gasteiger partial charge is 0.481 e. The number of carbonyl (C=O) groups is 2. The third kappa shape index (κ3) is 3.67. The fraction of sp³-hybridized carbons (Fsp3) is 0.353. The maximum Gasteiger partial charge on any atom is 0.306 e. The van der Waals surface area contributed by atoms with E-state index in [1.165, 1.54) is 0 Å². The Labute approximate surface area is 149 Å². The summed E-state index contributed by atoms with van der Waals surface area (Å²) in [6.07, 6.45) is -0.678. The van der Waals surface area contributed by atoms with Gasteiger partial charge in [-0.1, -0.05) is 35.0 Å². The lowest BCUT2D eigenvalue weighted by Crippen LogP contribution is -2.46. The first-order chi connectivity index (χ1) is 12.0. The molecular weight excluding hydrogens is 348 g/mol. The molecule has 0 spiro atoms. The van der Waals surface area contributed by atoms with Crippen LogP contribution >= 0.6 is 11.6 Å². The topological polar surface area (TPSA) is 92.9 Å². The number of carbonyl (C=O) groups excluding carboxylic acids is 1. The monoisotopic (exact) mass is 364 g/mol. The van der Waals surface area contributed by atoms with Crippen molar-refractivity contribution in [2.45, 2.75) is 19.4 Å². The van der Waals surface area contributed by atoms with E-state index in [1.54, 1.807) is 36.1 Å². The van der Waals surface area contributed by atoms with Crippen molar-refractivity contribution in [1.29, 1.82) is 0 Å². The quantitative estimate of drug-likeness (QED) is 0.896. The van der Waals surface area contributed by atoms with E-state index < -0.39 is 12.1 Å². The molecule has 1 N–H and O–H groups in total. The number of rotatable bonds is 4. The van der Waals surface area contributed by atoms with Crippen molar-refractivity contribution < 1.29 is 24.0 Å². The number of hydrogen-bond acceptors (Lipinski definition) is 5. The highest BCUT2D eigenvalue weighted by molar-refractivity contribution is 6.33. The fourth-order valence-corrected chi connectivity index (χ4v) is 3.07. The number of halogens is 1. The van der Waals surface area contributed by atoms with Gasteiger partial charge >= 0.3 is 5.97 Å². The summed E-state index contributed by atoms with van der Waals surface area (Å²) in [5.74, 6) is -0.842. The van der Waals surface area contributed by atoms with Gasteiger partial charge in [0.05, 0.1) is 24.2 Å². The lowest BCUT2D eigenvalue weighted by molar-refractivity contribution is -0.141. The molecule has 0 aliphatic carbocycles. The van der Waals surface area contributed by atoms with Gasteiger partial charge in [-0.05, 0) is 13.0 Å². The summed E-state index contributed by atoms with van der Waals surface area (Å²) in [5, 5.41) is 13.4. The number of ether oxygens (including phenoxy) is 1. The molecule has 7 nitrogen and oxygen atoms in total. The molecule has 1 unspecified atom stereocenters. The highest BCUT2D eigenvalue weighted by atomic mass is 35.5. The van der Waals surface area contributed by atoms with Crippen molar-refractivity contribution in [3.63, 3.8) is 0 Å². The van der Waals surface area contributed by atoms with E-state index in [9.17, 15) is 9.59 Å². The van der Waals surface area contributed by atoms with Gasteiger partial charge < -0.3 is 19.3 Å². The Morgan fingerprint density at radius 1 is 1.40 bits per heavy atom. The van der Waals surface area contributed by atoms with Crippen LogP contribution in [0.25, 0.3) is 11.3 Å². The molecule has 1 aliphatic rings. The van der Waals surface area contributed by atoms with Crippen LogP contribution in [0.4, 0.5) is 0 Å². The number of carboxylic acid groups (broad SMARTS) is 1. The van der Waals surface area contributed by atoms with E-state index in [0.29, 0.717) is 34.1 Å². The molecule has 1 amide bonds. The lowest BCUT2D eigenvalue weighted by atomic mass is 10.0. The summed E-state index contributed by atoms with van der Waals surface area (Å²) in [5.41, 5.74) is 1.33. The molecule has 1 saturated heterocycles. The van der Waals surface area contributed by atoms with Crippen LogP contribution in [0, 0.1) is 6.92 Å². The summed E-state index contributed by atoms with van der Waals surface area (Å²) in [6, 6.07) is 7.07. The average molecular weight is 365 g/mol. The smallest absolute Gasteiger partial charge is 0.306 e. The van der Waals surface area contributed by atoms with Crippen LogP contribution in [0.2, 0.25) is 5.02 Å². The van der Waals surface area contributed by atoms with Gasteiger partial charge in [-0.15, -0.1) is 0 Å². The molecule has 0 bridgehead atoms. The number of nitrogens with zero attached hydrogens (tertiary/aromatic N) is 2. The molecule has 1 aromatic heterocycles. The number of amides is 1. The Hall–Kier alpha value is -2.38. The molecule has 1 aliphatic heterocycles. The normalized spacial score (nSPS) is 17.5. The molecule has 8 heteroatoms. The van der Waals surface area contributed by atoms with Crippen LogP contribution in [0.1, 0.15) is 22.5 Å². The Bertz CT molecular complexity index is 804. The summed E-state index contributed by atoms with van der Waals surface area (Å²) in [4.78, 5) is 25.4. The van der Waals surface area contributed by atoms with Crippen LogP contribution < -0.4 is 0 Å². The van der Waals surface area contributed by atoms with Crippen LogP contribution in [0.15, 0.2) is 28.8 Å². The second-order valence-corrected chi connectivity index (χ2v) is 6.19. The van der Waals surface area contributed by atoms with Crippen molar-refractivity contribution in [3.8, 4) is 11.3 Å². The second-order valence-electron chi connectivity index (χ2n) is 5.78. The Kier molecular flexibility index (Phi) is 5.06. The number of benzene rings is 1. The summed E-state index contributed by atoms with van der Waals surface area (Å²) in [7, 11) is 0. The molecule has 2 aromatic rings. The van der Waals surface area contributed by atoms with E-state index in [1.807, 2.05) is 0 Å². The number of hydrogen-bond donors (Lipinski definition) is 1. The Morgan fingerprint density at radius 2 is 2.16 bits per heavy atom. The highest BCUT2D eigenvalue weighted by Gasteiger charge is 2.31. The molecule has 3 rings (SSSR count). The van der Waals surface area contributed by atoms with Crippen molar-refractivity contribution >= 4 is 23.5 Å². The van der Waals surface area contributed by atoms with Crippen molar-refractivity contribution in [1.82, 2.24) is 10.1 Å². The number of carboxylic acids is 1. The van der Waals surface area contributed by atoms with E-state index in [2.05, 4.69) is 5.16 Å². The average Bonchev–Trinajstić information content (AvgIpc) is 2.95. The number of morpholine rings is 1. The SMILES string of the molecule is Cc1onc(-c2ccccc2Cl)c1C(=O)N1CCOC(CC(=O)O)C1. The molecular formula is C17H17ClN2O5. The minimum absolute atomic E-state index is 0.149. The zero-order valence-electron chi connectivity index (χ0n) is 13.6. The Balaban J connectivity index is 1.89. The predicted octanol–water partition coefficient (Wildman–Crippen LogP) is 2.62. The van der Waals surface area contributed by atoms with Crippen molar-refractivity contribution in [3.05, 3.63) is 40.6 Å². The minimum Gasteiger partial charge on any atom is -0.481 e. The number of aliphatic carboxylic acids is 1. The molecule has 0 radical (unpaired) electrons. The number of aromatic nitrogens is 1. The lowest BCUT2D eigenvalue weighted by Gasteiger charge is -2.32. The zero-order valence-corrected chi connectivity index (χ0v) is 14.3. The van der Waals surface area contributed by atoms with Crippen LogP contribution in [-0.4, -0.2) is 52.8 Å². The molecule has 132 valence electrons. The molecule has 1 atom stereocenters. The van der Waals surface area contributed by atoms with Gasteiger partial charge in [0, 0.05) is 18.7 Å². The van der Waals surface area contributed by atoms with E-state index in [4.69, 9.17) is 26.0 Å². The van der Waals surface area contributed by atoms with Gasteiger partial charge in [-0.25, -0.2) is 0 Å². The van der Waals surface area contributed by atoms with E-state index >= 15 is 0 Å². The zero-order chi connectivity index (χ0) is 18.0. The van der Waals surface area contributed by atoms with Crippen LogP contribution in [-0.2, 0) is 9.53 Å². The third-order valence-electron chi connectivity index (χ3n) is 4.03. The van der Waals surface area contributed by atoms with Gasteiger partial charge in [0.25, 0.3) is 5.91 Å². The van der Waals surface area contributed by atoms with E-state index in [0.717, 1.165) is 0 Å². The fourth-order valence-electron chi connectivity index (χ4n) is 2.84. The Morgan fingerprint density at radius 3 is 2.88 bits per heavy atom. The minimum atomic E-state index is -0.961. The summed E-state index contributed by atoms with van der Waals surface area (Å²) in [6.45, 7) is 2.53. The molecule has 1 fully saturated rings. The maximum absolute atomic E-state index is 13.0. The van der Waals surface area contributed by atoms with Crippen molar-refractivity contribution in [2.75, 3.05) is 19.7 Å². The third-order valence-corrected chi connectivity index (χ3v) is 4.36. The first kappa shape index (κ1) is 17.4. The van der Waals surface area contributed by atoms with Crippen LogP contribution in [0.5, 0.6) is 0 Å². The van der Waals surface area contributed by atoms with Crippen molar-refractivity contribution in [2.24, 2.45) is 0 Å². The maximum atomic E-state index is 13.0. The van der Waals surface area contributed by atoms with Gasteiger partial charge in [0.2, 0.25) is 0 Å². The molecule has 25 heavy (non-hydrogen) atoms. The molecule has 0 saturated carbocycles. The highest BCUT2D eigenvalue weighted by Crippen LogP contribution is 2.32. The second kappa shape index (κ2) is 7.25. The summed E-state index contributed by atoms with van der Waals surface area (Å²) < 4.78 is 10.6. The first-order valence-electron chi connectivity index (χ1n) is 7.81. The molecule has 1 aromatic carbocycles. The predicted molar refractivity (Wildman–Crippen MR) is 89.6 cm³/mol. The summed E-state index contributed by atoms with van der Waals surface area (Å²) >= 11 is 6.22. The van der Waals surface area contributed by atoms with Gasteiger partial charge in [0.15, 0.2) is 0 Å². The number of aryl methyl sites for hydroxylation is 1.